The lowest BCUT2D eigenvalue weighted by Gasteiger charge is -2.16. The van der Waals surface area contributed by atoms with Crippen LogP contribution in [0.3, 0.4) is 0 Å². The monoisotopic (exact) mass is 326 g/mol. The number of hydrogen-bond donors (Lipinski definition) is 1. The van der Waals surface area contributed by atoms with Crippen LogP contribution in [-0.4, -0.2) is 46.7 Å². The molecule has 4 nitrogen and oxygen atoms in total. The third kappa shape index (κ3) is 4.42. The fourth-order valence-electron chi connectivity index (χ4n) is 2.39. The van der Waals surface area contributed by atoms with E-state index in [9.17, 15) is 0 Å². The predicted molar refractivity (Wildman–Crippen MR) is 97.2 cm³/mol. The third-order valence-electron chi connectivity index (χ3n) is 3.49. The number of unbranched alkanes of at least 4 members (excludes halogenated alkanes) is 1. The molecule has 21 heavy (non-hydrogen) atoms. The van der Waals surface area contributed by atoms with Gasteiger partial charge in [-0.2, -0.15) is 0 Å². The van der Waals surface area contributed by atoms with Crippen LogP contribution in [0, 0.1) is 0 Å². The van der Waals surface area contributed by atoms with Crippen LogP contribution >= 0.6 is 23.5 Å². The van der Waals surface area contributed by atoms with Gasteiger partial charge in [-0.1, -0.05) is 57.1 Å². The molecule has 3 aliphatic rings. The van der Waals surface area contributed by atoms with E-state index in [1.54, 1.807) is 11.8 Å². The zero-order valence-electron chi connectivity index (χ0n) is 13.3. The van der Waals surface area contributed by atoms with Crippen molar-refractivity contribution >= 4 is 33.9 Å². The van der Waals surface area contributed by atoms with Crippen LogP contribution in [0.2, 0.25) is 0 Å². The normalized spacial score (nSPS) is 22.9. The maximum absolute atomic E-state index is 4.60. The first-order valence-corrected chi connectivity index (χ1v) is 9.85. The summed E-state index contributed by atoms with van der Waals surface area (Å²) in [6.07, 6.45) is 3.80. The van der Waals surface area contributed by atoms with Gasteiger partial charge in [0.25, 0.3) is 0 Å². The molecule has 3 aliphatic heterocycles. The highest BCUT2D eigenvalue weighted by Crippen LogP contribution is 2.31. The van der Waals surface area contributed by atoms with Gasteiger partial charge in [-0.25, -0.2) is 0 Å². The van der Waals surface area contributed by atoms with Crippen molar-refractivity contribution < 1.29 is 0 Å². The molecule has 3 heterocycles. The van der Waals surface area contributed by atoms with Crippen molar-refractivity contribution in [2.45, 2.75) is 46.1 Å². The molecule has 0 saturated carbocycles. The molecular weight excluding hydrogens is 300 g/mol. The summed E-state index contributed by atoms with van der Waals surface area (Å²) >= 11 is 3.58. The Bertz CT molecular complexity index is 431. The Balaban J connectivity index is 0.000000774. The Hall–Kier alpha value is -0.620. The molecule has 1 N–H and O–H groups in total. The molecule has 6 heteroatoms. The van der Waals surface area contributed by atoms with Crippen molar-refractivity contribution in [2.75, 3.05) is 25.4 Å². The van der Waals surface area contributed by atoms with Crippen molar-refractivity contribution in [2.24, 2.45) is 9.98 Å². The Kier molecular flexibility index (Phi) is 6.96. The van der Waals surface area contributed by atoms with E-state index in [1.807, 2.05) is 25.6 Å². The summed E-state index contributed by atoms with van der Waals surface area (Å²) in [6.45, 7) is 9.19. The van der Waals surface area contributed by atoms with Gasteiger partial charge in [-0.05, 0) is 11.8 Å². The van der Waals surface area contributed by atoms with Crippen LogP contribution in [0.4, 0.5) is 0 Å². The van der Waals surface area contributed by atoms with Gasteiger partial charge >= 0.3 is 0 Å². The van der Waals surface area contributed by atoms with Gasteiger partial charge in [0.05, 0.1) is 13.1 Å². The lowest BCUT2D eigenvalue weighted by molar-refractivity contribution is 0.567. The largest absolute Gasteiger partial charge is 0.360 e. The van der Waals surface area contributed by atoms with Crippen molar-refractivity contribution in [3.05, 3.63) is 11.1 Å². The molecule has 0 aromatic carbocycles. The molecule has 0 spiro atoms. The minimum Gasteiger partial charge on any atom is -0.360 e. The molecule has 0 bridgehead atoms. The minimum atomic E-state index is 0.568. The number of hydrogen-bond acceptors (Lipinski definition) is 6. The molecule has 0 saturated heterocycles. The number of aliphatic imine (C=N–C) groups is 2. The molecule has 1 unspecified atom stereocenters. The first-order valence-electron chi connectivity index (χ1n) is 7.98. The van der Waals surface area contributed by atoms with Crippen LogP contribution < -0.4 is 5.32 Å². The van der Waals surface area contributed by atoms with E-state index in [0.29, 0.717) is 6.04 Å². The lowest BCUT2D eigenvalue weighted by Crippen LogP contribution is -2.29. The van der Waals surface area contributed by atoms with Crippen LogP contribution in [0.25, 0.3) is 0 Å². The second-order valence-corrected chi connectivity index (χ2v) is 6.76. The molecule has 118 valence electrons. The molecule has 0 fully saturated rings. The zero-order valence-corrected chi connectivity index (χ0v) is 14.9. The fourth-order valence-corrected chi connectivity index (χ4v) is 4.39. The van der Waals surface area contributed by atoms with Crippen LogP contribution in [0.5, 0.6) is 0 Å². The molecule has 1 atom stereocenters. The third-order valence-corrected chi connectivity index (χ3v) is 5.41. The Morgan fingerprint density at radius 3 is 3.10 bits per heavy atom. The fraction of sp³-hybridized carbons (Fsp3) is 0.733. The number of fused-ring (bicyclic) bond motifs is 1. The number of amidine groups is 2. The summed E-state index contributed by atoms with van der Waals surface area (Å²) in [5.41, 5.74) is 1.38. The van der Waals surface area contributed by atoms with Gasteiger partial charge in [-0.15, -0.1) is 0 Å². The second kappa shape index (κ2) is 8.73. The van der Waals surface area contributed by atoms with Crippen LogP contribution in [-0.2, 0) is 0 Å². The maximum atomic E-state index is 4.60. The molecule has 0 amide bonds. The maximum Gasteiger partial charge on any atom is 0.167 e. The van der Waals surface area contributed by atoms with Gasteiger partial charge in [0.2, 0.25) is 0 Å². The Morgan fingerprint density at radius 2 is 2.29 bits per heavy atom. The van der Waals surface area contributed by atoms with Gasteiger partial charge in [0, 0.05) is 24.0 Å². The topological polar surface area (TPSA) is 40.0 Å². The summed E-state index contributed by atoms with van der Waals surface area (Å²) in [4.78, 5) is 11.4. The predicted octanol–water partition coefficient (Wildman–Crippen LogP) is 3.52. The number of rotatable bonds is 5. The Morgan fingerprint density at radius 1 is 1.43 bits per heavy atom. The Labute approximate surface area is 136 Å². The van der Waals surface area contributed by atoms with E-state index >= 15 is 0 Å². The van der Waals surface area contributed by atoms with Crippen molar-refractivity contribution in [3.63, 3.8) is 0 Å². The van der Waals surface area contributed by atoms with Gasteiger partial charge in [0.15, 0.2) is 10.3 Å². The van der Waals surface area contributed by atoms with Gasteiger partial charge in [0.1, 0.15) is 0 Å². The standard InChI is InChI=1S/C13H20N4S2.C2H6/c1-2-3-4-10-7-15-12(16-10)18-8-11-9-19-13-14-5-6-17(11)13;1-2/h9-10H,2-8H2,1H3,(H,15,16);1-2H3. The summed E-state index contributed by atoms with van der Waals surface area (Å²) in [5.74, 6) is 0.998. The quantitative estimate of drug-likeness (QED) is 0.839. The highest BCUT2D eigenvalue weighted by Gasteiger charge is 2.26. The highest BCUT2D eigenvalue weighted by atomic mass is 32.2. The first kappa shape index (κ1) is 16.7. The number of nitrogens with zero attached hydrogens (tertiary/aromatic N) is 3. The molecule has 0 radical (unpaired) electrons. The van der Waals surface area contributed by atoms with E-state index in [2.05, 4.69) is 32.5 Å². The smallest absolute Gasteiger partial charge is 0.167 e. The summed E-state index contributed by atoms with van der Waals surface area (Å²) in [5, 5.41) is 8.07. The lowest BCUT2D eigenvalue weighted by atomic mass is 10.1. The van der Waals surface area contributed by atoms with Gasteiger partial charge in [-0.3, -0.25) is 9.98 Å². The molecule has 0 aromatic heterocycles. The van der Waals surface area contributed by atoms with E-state index < -0.39 is 0 Å². The van der Waals surface area contributed by atoms with Crippen molar-refractivity contribution in [3.8, 4) is 0 Å². The molecule has 0 aromatic rings. The highest BCUT2D eigenvalue weighted by molar-refractivity contribution is 8.17. The van der Waals surface area contributed by atoms with Crippen LogP contribution in [0.1, 0.15) is 40.0 Å². The molecule has 3 rings (SSSR count). The number of nitrogens with one attached hydrogen (secondary N) is 1. The van der Waals surface area contributed by atoms with Gasteiger partial charge < -0.3 is 10.2 Å². The average Bonchev–Trinajstić information content (AvgIpc) is 3.22. The minimum absolute atomic E-state index is 0.568. The summed E-state index contributed by atoms with van der Waals surface area (Å²) < 4.78 is 0. The second-order valence-electron chi connectivity index (χ2n) is 4.96. The van der Waals surface area contributed by atoms with Crippen LogP contribution in [0.15, 0.2) is 21.1 Å². The average molecular weight is 327 g/mol. The number of thioether (sulfide) groups is 2. The summed E-state index contributed by atoms with van der Waals surface area (Å²) in [7, 11) is 0. The SMILES string of the molecule is CC.CCCCC1CN=C(SCC2=CSC3=NCCN23)N1. The zero-order chi connectivity index (χ0) is 15.1. The summed E-state index contributed by atoms with van der Waals surface area (Å²) in [6, 6.07) is 0.568. The van der Waals surface area contributed by atoms with E-state index in [1.165, 1.54) is 30.1 Å². The molecule has 0 aliphatic carbocycles. The van der Waals surface area contributed by atoms with Crippen molar-refractivity contribution in [1.29, 1.82) is 0 Å². The molecular formula is C15H26N4S2. The van der Waals surface area contributed by atoms with E-state index in [4.69, 9.17) is 0 Å². The van der Waals surface area contributed by atoms with E-state index in [-0.39, 0.29) is 0 Å². The van der Waals surface area contributed by atoms with Crippen molar-refractivity contribution in [1.82, 2.24) is 10.2 Å². The van der Waals surface area contributed by atoms with E-state index in [0.717, 1.165) is 30.6 Å². The first-order chi connectivity index (χ1) is 10.4.